The van der Waals surface area contributed by atoms with Crippen LogP contribution in [0.4, 0.5) is 5.69 Å². The molecule has 0 unspecified atom stereocenters. The van der Waals surface area contributed by atoms with E-state index < -0.39 is 0 Å². The van der Waals surface area contributed by atoms with Crippen LogP contribution >= 0.6 is 11.3 Å². The van der Waals surface area contributed by atoms with Crippen LogP contribution in [0.25, 0.3) is 10.1 Å². The van der Waals surface area contributed by atoms with Crippen LogP contribution in [0.3, 0.4) is 0 Å². The van der Waals surface area contributed by atoms with Crippen LogP contribution < -0.4 is 4.90 Å². The molecule has 0 aliphatic carbocycles. The second-order valence-electron chi connectivity index (χ2n) is 5.71. The first kappa shape index (κ1) is 14.4. The van der Waals surface area contributed by atoms with Gasteiger partial charge in [0.15, 0.2) is 0 Å². The first-order valence-electron chi connectivity index (χ1n) is 7.60. The number of piperazine rings is 1. The van der Waals surface area contributed by atoms with Crippen molar-refractivity contribution in [1.82, 2.24) is 4.90 Å². The van der Waals surface area contributed by atoms with Crippen molar-refractivity contribution in [1.29, 1.82) is 5.26 Å². The molecule has 1 aromatic carbocycles. The van der Waals surface area contributed by atoms with Crippen LogP contribution in [-0.4, -0.2) is 37.6 Å². The van der Waals surface area contributed by atoms with Crippen molar-refractivity contribution in [2.75, 3.05) is 37.6 Å². The first-order chi connectivity index (χ1) is 10.3. The van der Waals surface area contributed by atoms with Gasteiger partial charge < -0.3 is 4.90 Å². The van der Waals surface area contributed by atoms with E-state index in [1.165, 1.54) is 21.3 Å². The Bertz CT molecular complexity index is 648. The van der Waals surface area contributed by atoms with E-state index in [4.69, 9.17) is 5.26 Å². The SMILES string of the molecule is Cc1ccc2c(N3CCN(CCCC#N)CC3)csc2c1. The van der Waals surface area contributed by atoms with Gasteiger partial charge in [-0.05, 0) is 31.5 Å². The molecule has 0 N–H and O–H groups in total. The fourth-order valence-corrected chi connectivity index (χ4v) is 4.03. The molecule has 1 fully saturated rings. The zero-order chi connectivity index (χ0) is 14.7. The number of fused-ring (bicyclic) bond motifs is 1. The number of hydrogen-bond donors (Lipinski definition) is 0. The summed E-state index contributed by atoms with van der Waals surface area (Å²) in [5, 5.41) is 12.3. The van der Waals surface area contributed by atoms with Crippen LogP contribution in [0.2, 0.25) is 0 Å². The van der Waals surface area contributed by atoms with Gasteiger partial charge in [0.25, 0.3) is 0 Å². The molecule has 3 nitrogen and oxygen atoms in total. The molecule has 0 saturated carbocycles. The maximum atomic E-state index is 8.61. The molecule has 1 saturated heterocycles. The Morgan fingerprint density at radius 2 is 2.05 bits per heavy atom. The Morgan fingerprint density at radius 3 is 2.81 bits per heavy atom. The van der Waals surface area contributed by atoms with Gasteiger partial charge in [-0.15, -0.1) is 11.3 Å². The van der Waals surface area contributed by atoms with E-state index in [9.17, 15) is 0 Å². The molecule has 1 aliphatic rings. The predicted octanol–water partition coefficient (Wildman–Crippen LogP) is 3.64. The molecule has 21 heavy (non-hydrogen) atoms. The van der Waals surface area contributed by atoms with Gasteiger partial charge in [-0.3, -0.25) is 4.90 Å². The third kappa shape index (κ3) is 3.20. The van der Waals surface area contributed by atoms with Crippen LogP contribution in [0.15, 0.2) is 23.6 Å². The van der Waals surface area contributed by atoms with E-state index in [1.807, 2.05) is 11.3 Å². The Morgan fingerprint density at radius 1 is 1.24 bits per heavy atom. The normalized spacial score (nSPS) is 16.3. The number of nitriles is 1. The summed E-state index contributed by atoms with van der Waals surface area (Å²) in [6, 6.07) is 8.97. The fourth-order valence-electron chi connectivity index (χ4n) is 2.96. The van der Waals surface area contributed by atoms with Gasteiger partial charge in [-0.1, -0.05) is 12.1 Å². The average Bonchev–Trinajstić information content (AvgIpc) is 2.91. The maximum Gasteiger partial charge on any atom is 0.0622 e. The highest BCUT2D eigenvalue weighted by molar-refractivity contribution is 7.17. The molecular weight excluding hydrogens is 278 g/mol. The maximum absolute atomic E-state index is 8.61. The Labute approximate surface area is 130 Å². The molecule has 0 atom stereocenters. The lowest BCUT2D eigenvalue weighted by Gasteiger charge is -2.35. The number of rotatable bonds is 4. The molecule has 1 aliphatic heterocycles. The zero-order valence-corrected chi connectivity index (χ0v) is 13.3. The summed E-state index contributed by atoms with van der Waals surface area (Å²) in [7, 11) is 0. The van der Waals surface area contributed by atoms with Gasteiger partial charge in [-0.25, -0.2) is 0 Å². The molecule has 0 bridgehead atoms. The summed E-state index contributed by atoms with van der Waals surface area (Å²) in [4.78, 5) is 4.99. The van der Waals surface area contributed by atoms with Gasteiger partial charge in [0.05, 0.1) is 11.8 Å². The largest absolute Gasteiger partial charge is 0.368 e. The van der Waals surface area contributed by atoms with Crippen molar-refractivity contribution < 1.29 is 0 Å². The molecule has 4 heteroatoms. The highest BCUT2D eigenvalue weighted by Crippen LogP contribution is 2.34. The molecule has 110 valence electrons. The predicted molar refractivity (Wildman–Crippen MR) is 90.1 cm³/mol. The van der Waals surface area contributed by atoms with E-state index in [0.29, 0.717) is 6.42 Å². The van der Waals surface area contributed by atoms with Crippen LogP contribution in [0, 0.1) is 18.3 Å². The van der Waals surface area contributed by atoms with E-state index in [-0.39, 0.29) is 0 Å². The molecule has 0 amide bonds. The van der Waals surface area contributed by atoms with E-state index in [1.54, 1.807) is 0 Å². The van der Waals surface area contributed by atoms with E-state index in [0.717, 1.165) is 39.1 Å². The highest BCUT2D eigenvalue weighted by Gasteiger charge is 2.19. The zero-order valence-electron chi connectivity index (χ0n) is 12.5. The molecule has 2 aromatic rings. The van der Waals surface area contributed by atoms with Crippen LogP contribution in [0.5, 0.6) is 0 Å². The molecule has 1 aromatic heterocycles. The van der Waals surface area contributed by atoms with Crippen molar-refractivity contribution in [2.45, 2.75) is 19.8 Å². The van der Waals surface area contributed by atoms with E-state index >= 15 is 0 Å². The monoisotopic (exact) mass is 299 g/mol. The Kier molecular flexibility index (Phi) is 4.42. The number of benzene rings is 1. The third-order valence-corrected chi connectivity index (χ3v) is 5.12. The topological polar surface area (TPSA) is 30.3 Å². The summed E-state index contributed by atoms with van der Waals surface area (Å²) in [6.45, 7) is 7.60. The van der Waals surface area contributed by atoms with Gasteiger partial charge in [0.2, 0.25) is 0 Å². The molecule has 0 spiro atoms. The van der Waals surface area contributed by atoms with Gasteiger partial charge in [0.1, 0.15) is 0 Å². The van der Waals surface area contributed by atoms with Crippen molar-refractivity contribution in [2.24, 2.45) is 0 Å². The number of aryl methyl sites for hydroxylation is 1. The average molecular weight is 299 g/mol. The number of nitrogens with zero attached hydrogens (tertiary/aromatic N) is 3. The summed E-state index contributed by atoms with van der Waals surface area (Å²) in [5.74, 6) is 0. The van der Waals surface area contributed by atoms with Gasteiger partial charge >= 0.3 is 0 Å². The minimum Gasteiger partial charge on any atom is -0.368 e. The molecular formula is C17H21N3S. The summed E-state index contributed by atoms with van der Waals surface area (Å²) in [6.07, 6.45) is 1.67. The molecule has 3 rings (SSSR count). The van der Waals surface area contributed by atoms with Gasteiger partial charge in [-0.2, -0.15) is 5.26 Å². The number of unbranched alkanes of at least 4 members (excludes halogenated alkanes) is 1. The van der Waals surface area contributed by atoms with Crippen molar-refractivity contribution in [3.63, 3.8) is 0 Å². The second-order valence-corrected chi connectivity index (χ2v) is 6.62. The number of anilines is 1. The highest BCUT2D eigenvalue weighted by atomic mass is 32.1. The minimum atomic E-state index is 0.675. The molecule has 0 radical (unpaired) electrons. The fraction of sp³-hybridized carbons (Fsp3) is 0.471. The lowest BCUT2D eigenvalue weighted by atomic mass is 10.1. The minimum absolute atomic E-state index is 0.675. The Hall–Kier alpha value is -1.57. The quantitative estimate of drug-likeness (QED) is 0.808. The third-order valence-electron chi connectivity index (χ3n) is 4.19. The van der Waals surface area contributed by atoms with Crippen LogP contribution in [0.1, 0.15) is 18.4 Å². The van der Waals surface area contributed by atoms with Crippen LogP contribution in [-0.2, 0) is 0 Å². The van der Waals surface area contributed by atoms with Crippen molar-refractivity contribution in [3.8, 4) is 6.07 Å². The standard InChI is InChI=1S/C17H21N3S/c1-14-4-5-15-16(13-21-17(15)12-14)20-10-8-19(9-11-20)7-3-2-6-18/h4-5,12-13H,2-3,7-11H2,1H3. The number of hydrogen-bond acceptors (Lipinski definition) is 4. The number of thiophene rings is 1. The Balaban J connectivity index is 1.65. The van der Waals surface area contributed by atoms with Crippen molar-refractivity contribution in [3.05, 3.63) is 29.1 Å². The lowest BCUT2D eigenvalue weighted by Crippen LogP contribution is -2.46. The van der Waals surface area contributed by atoms with Crippen molar-refractivity contribution >= 4 is 27.1 Å². The summed E-state index contributed by atoms with van der Waals surface area (Å²) >= 11 is 1.85. The smallest absolute Gasteiger partial charge is 0.0622 e. The summed E-state index contributed by atoms with van der Waals surface area (Å²) in [5.41, 5.74) is 2.73. The van der Waals surface area contributed by atoms with E-state index in [2.05, 4.69) is 46.4 Å². The summed E-state index contributed by atoms with van der Waals surface area (Å²) < 4.78 is 1.39. The lowest BCUT2D eigenvalue weighted by molar-refractivity contribution is 0.256. The second kappa shape index (κ2) is 6.46. The first-order valence-corrected chi connectivity index (χ1v) is 8.48. The van der Waals surface area contributed by atoms with Gasteiger partial charge in [0, 0.05) is 48.1 Å². The molecule has 2 heterocycles.